The normalized spacial score (nSPS) is 24.2. The third kappa shape index (κ3) is 2.66. The van der Waals surface area contributed by atoms with Crippen LogP contribution in [0.1, 0.15) is 40.0 Å². The smallest absolute Gasteiger partial charge is 0.139 e. The van der Waals surface area contributed by atoms with E-state index in [0.29, 0.717) is 21.8 Å². The molecule has 0 radical (unpaired) electrons. The van der Waals surface area contributed by atoms with Gasteiger partial charge < -0.3 is 10.1 Å². The molecular weight excluding hydrogens is 293 g/mol. The Morgan fingerprint density at radius 1 is 1.25 bits per heavy atom. The lowest BCUT2D eigenvalue weighted by Crippen LogP contribution is -2.64. The molecule has 4 heteroatoms. The molecule has 0 bridgehead atoms. The Balaban J connectivity index is 2.15. The highest BCUT2D eigenvalue weighted by Crippen LogP contribution is 2.49. The van der Waals surface area contributed by atoms with Crippen molar-refractivity contribution in [3.05, 3.63) is 28.2 Å². The third-order valence-corrected chi connectivity index (χ3v) is 5.54. The van der Waals surface area contributed by atoms with Crippen molar-refractivity contribution in [3.63, 3.8) is 0 Å². The third-order valence-electron chi connectivity index (χ3n) is 4.74. The highest BCUT2D eigenvalue weighted by molar-refractivity contribution is 6.42. The molecule has 1 N–H and O–H groups in total. The van der Waals surface area contributed by atoms with E-state index in [2.05, 4.69) is 26.1 Å². The average Bonchev–Trinajstić information content (AvgIpc) is 2.44. The highest BCUT2D eigenvalue weighted by atomic mass is 35.5. The molecule has 0 amide bonds. The van der Waals surface area contributed by atoms with Crippen LogP contribution in [-0.2, 0) is 0 Å². The maximum absolute atomic E-state index is 6.22. The summed E-state index contributed by atoms with van der Waals surface area (Å²) in [6.45, 7) is 7.63. The zero-order valence-electron chi connectivity index (χ0n) is 12.4. The molecule has 0 aliphatic heterocycles. The Bertz CT molecular complexity index is 460. The van der Waals surface area contributed by atoms with Gasteiger partial charge in [-0.05, 0) is 31.5 Å². The van der Waals surface area contributed by atoms with Gasteiger partial charge in [-0.3, -0.25) is 0 Å². The SMILES string of the molecule is CCNC1CC(Oc2cccc(Cl)c2Cl)C1(CC)CC. The average molecular weight is 316 g/mol. The topological polar surface area (TPSA) is 21.3 Å². The second-order valence-corrected chi connectivity index (χ2v) is 6.23. The molecule has 1 saturated carbocycles. The fourth-order valence-electron chi connectivity index (χ4n) is 3.37. The maximum atomic E-state index is 6.22. The number of hydrogen-bond acceptors (Lipinski definition) is 2. The van der Waals surface area contributed by atoms with Crippen molar-refractivity contribution in [3.8, 4) is 5.75 Å². The summed E-state index contributed by atoms with van der Waals surface area (Å²) in [6, 6.07) is 6.09. The standard InChI is InChI=1S/C16H23Cl2NO/c1-4-16(5-2)13(19-6-3)10-14(16)20-12-9-7-8-11(17)15(12)18/h7-9,13-14,19H,4-6,10H2,1-3H3. The Labute approximate surface area is 131 Å². The number of benzene rings is 1. The van der Waals surface area contributed by atoms with Gasteiger partial charge in [0.15, 0.2) is 0 Å². The Morgan fingerprint density at radius 3 is 2.55 bits per heavy atom. The number of hydrogen-bond donors (Lipinski definition) is 1. The van der Waals surface area contributed by atoms with Crippen LogP contribution in [0.25, 0.3) is 0 Å². The molecule has 20 heavy (non-hydrogen) atoms. The molecule has 0 saturated heterocycles. The van der Waals surface area contributed by atoms with Crippen molar-refractivity contribution in [2.75, 3.05) is 6.54 Å². The van der Waals surface area contributed by atoms with E-state index in [0.717, 1.165) is 25.8 Å². The van der Waals surface area contributed by atoms with Gasteiger partial charge in [0.1, 0.15) is 16.9 Å². The fourth-order valence-corrected chi connectivity index (χ4v) is 3.71. The quantitative estimate of drug-likeness (QED) is 0.803. The zero-order valence-corrected chi connectivity index (χ0v) is 13.9. The van der Waals surface area contributed by atoms with Gasteiger partial charge in [-0.25, -0.2) is 0 Å². The van der Waals surface area contributed by atoms with Gasteiger partial charge in [0.25, 0.3) is 0 Å². The number of ether oxygens (including phenoxy) is 1. The summed E-state index contributed by atoms with van der Waals surface area (Å²) in [6.07, 6.45) is 3.43. The summed E-state index contributed by atoms with van der Waals surface area (Å²) >= 11 is 12.3. The van der Waals surface area contributed by atoms with Crippen molar-refractivity contribution in [2.45, 2.75) is 52.2 Å². The summed E-state index contributed by atoms with van der Waals surface area (Å²) in [7, 11) is 0. The summed E-state index contributed by atoms with van der Waals surface area (Å²) in [5, 5.41) is 4.64. The van der Waals surface area contributed by atoms with Crippen LogP contribution in [0.3, 0.4) is 0 Å². The fraction of sp³-hybridized carbons (Fsp3) is 0.625. The van der Waals surface area contributed by atoms with Crippen molar-refractivity contribution in [1.82, 2.24) is 5.32 Å². The van der Waals surface area contributed by atoms with Crippen LogP contribution in [0.4, 0.5) is 0 Å². The van der Waals surface area contributed by atoms with Gasteiger partial charge >= 0.3 is 0 Å². The van der Waals surface area contributed by atoms with E-state index >= 15 is 0 Å². The van der Waals surface area contributed by atoms with Crippen LogP contribution < -0.4 is 10.1 Å². The van der Waals surface area contributed by atoms with Gasteiger partial charge in [0, 0.05) is 17.9 Å². The second kappa shape index (κ2) is 6.55. The first-order chi connectivity index (χ1) is 9.58. The van der Waals surface area contributed by atoms with Crippen LogP contribution in [0.2, 0.25) is 10.0 Å². The van der Waals surface area contributed by atoms with E-state index in [1.807, 2.05) is 12.1 Å². The molecular formula is C16H23Cl2NO. The molecule has 2 rings (SSSR count). The summed E-state index contributed by atoms with van der Waals surface area (Å²) in [5.41, 5.74) is 0.196. The molecule has 1 aromatic rings. The van der Waals surface area contributed by atoms with Crippen LogP contribution in [0, 0.1) is 5.41 Å². The molecule has 1 aliphatic carbocycles. The summed E-state index contributed by atoms with van der Waals surface area (Å²) in [4.78, 5) is 0. The lowest BCUT2D eigenvalue weighted by atomic mass is 9.58. The lowest BCUT2D eigenvalue weighted by molar-refractivity contribution is -0.0853. The monoisotopic (exact) mass is 315 g/mol. The van der Waals surface area contributed by atoms with Crippen molar-refractivity contribution < 1.29 is 4.74 Å². The molecule has 1 fully saturated rings. The van der Waals surface area contributed by atoms with Gasteiger partial charge in [-0.2, -0.15) is 0 Å². The van der Waals surface area contributed by atoms with Crippen molar-refractivity contribution in [2.24, 2.45) is 5.41 Å². The summed E-state index contributed by atoms with van der Waals surface area (Å²) in [5.74, 6) is 0.699. The predicted octanol–water partition coefficient (Wildman–Crippen LogP) is 4.93. The first-order valence-electron chi connectivity index (χ1n) is 7.43. The minimum atomic E-state index is 0.196. The van der Waals surface area contributed by atoms with E-state index in [9.17, 15) is 0 Å². The van der Waals surface area contributed by atoms with Crippen LogP contribution in [0.5, 0.6) is 5.75 Å². The van der Waals surface area contributed by atoms with Gasteiger partial charge in [-0.1, -0.05) is 50.0 Å². The van der Waals surface area contributed by atoms with Gasteiger partial charge in [-0.15, -0.1) is 0 Å². The van der Waals surface area contributed by atoms with E-state index in [4.69, 9.17) is 27.9 Å². The Morgan fingerprint density at radius 2 is 1.95 bits per heavy atom. The molecule has 0 spiro atoms. The first kappa shape index (κ1) is 15.9. The first-order valence-corrected chi connectivity index (χ1v) is 8.18. The number of halogens is 2. The molecule has 0 heterocycles. The zero-order chi connectivity index (χ0) is 14.8. The van der Waals surface area contributed by atoms with Gasteiger partial charge in [0.05, 0.1) is 5.02 Å². The van der Waals surface area contributed by atoms with Crippen LogP contribution in [0.15, 0.2) is 18.2 Å². The maximum Gasteiger partial charge on any atom is 0.139 e. The Kier molecular flexibility index (Phi) is 5.22. The van der Waals surface area contributed by atoms with E-state index < -0.39 is 0 Å². The molecule has 0 aromatic heterocycles. The minimum Gasteiger partial charge on any atom is -0.488 e. The highest BCUT2D eigenvalue weighted by Gasteiger charge is 2.54. The summed E-state index contributed by atoms with van der Waals surface area (Å²) < 4.78 is 6.18. The molecule has 2 atom stereocenters. The van der Waals surface area contributed by atoms with E-state index in [1.54, 1.807) is 6.07 Å². The Hall–Kier alpha value is -0.440. The predicted molar refractivity (Wildman–Crippen MR) is 86.0 cm³/mol. The van der Waals surface area contributed by atoms with Crippen molar-refractivity contribution in [1.29, 1.82) is 0 Å². The van der Waals surface area contributed by atoms with E-state index in [1.165, 1.54) is 0 Å². The van der Waals surface area contributed by atoms with E-state index in [-0.39, 0.29) is 11.5 Å². The largest absolute Gasteiger partial charge is 0.488 e. The molecule has 112 valence electrons. The number of nitrogens with one attached hydrogen (secondary N) is 1. The second-order valence-electron chi connectivity index (χ2n) is 5.44. The molecule has 1 aromatic carbocycles. The molecule has 2 nitrogen and oxygen atoms in total. The van der Waals surface area contributed by atoms with Gasteiger partial charge in [0.2, 0.25) is 0 Å². The van der Waals surface area contributed by atoms with Crippen LogP contribution in [-0.4, -0.2) is 18.7 Å². The molecule has 2 unspecified atom stereocenters. The molecule has 1 aliphatic rings. The number of rotatable bonds is 6. The van der Waals surface area contributed by atoms with Crippen molar-refractivity contribution >= 4 is 23.2 Å². The minimum absolute atomic E-state index is 0.196. The lowest BCUT2D eigenvalue weighted by Gasteiger charge is -2.55. The van der Waals surface area contributed by atoms with Crippen LogP contribution >= 0.6 is 23.2 Å².